The molecule has 0 saturated heterocycles. The molecular formula is C35H45N7O7. The molecule has 5 rings (SSSR count). The van der Waals surface area contributed by atoms with Crippen LogP contribution < -0.4 is 30.2 Å². The lowest BCUT2D eigenvalue weighted by atomic mass is 10.0. The zero-order valence-corrected chi connectivity index (χ0v) is 28.5. The lowest BCUT2D eigenvalue weighted by molar-refractivity contribution is -0.130. The van der Waals surface area contributed by atoms with Gasteiger partial charge in [0.05, 0.1) is 32.9 Å². The molecular weight excluding hydrogens is 630 g/mol. The molecule has 0 radical (unpaired) electrons. The molecule has 0 fully saturated rings. The van der Waals surface area contributed by atoms with Crippen LogP contribution in [0, 0.1) is 5.92 Å². The number of nitrogens with zero attached hydrogens (tertiary/aromatic N) is 4. The van der Waals surface area contributed by atoms with E-state index in [1.807, 2.05) is 18.4 Å². The third-order valence-corrected chi connectivity index (χ3v) is 8.72. The van der Waals surface area contributed by atoms with Crippen LogP contribution in [0.15, 0.2) is 36.4 Å². The van der Waals surface area contributed by atoms with E-state index in [2.05, 4.69) is 26.1 Å². The predicted molar refractivity (Wildman–Crippen MR) is 180 cm³/mol. The van der Waals surface area contributed by atoms with Gasteiger partial charge in [-0.1, -0.05) is 26.3 Å². The van der Waals surface area contributed by atoms with Crippen molar-refractivity contribution in [3.8, 4) is 23.0 Å². The lowest BCUT2D eigenvalue weighted by Gasteiger charge is -2.26. The van der Waals surface area contributed by atoms with E-state index in [0.717, 1.165) is 31.5 Å². The molecule has 1 aromatic heterocycles. The van der Waals surface area contributed by atoms with Crippen LogP contribution in [0.1, 0.15) is 78.3 Å². The summed E-state index contributed by atoms with van der Waals surface area (Å²) in [6.45, 7) is 4.62. The largest absolute Gasteiger partial charge is 0.496 e. The first-order chi connectivity index (χ1) is 23.7. The quantitative estimate of drug-likeness (QED) is 0.376. The molecule has 2 bridgehead atoms. The maximum absolute atomic E-state index is 13.9. The van der Waals surface area contributed by atoms with Crippen molar-refractivity contribution in [2.45, 2.75) is 71.5 Å². The highest BCUT2D eigenvalue weighted by atomic mass is 16.5. The van der Waals surface area contributed by atoms with E-state index in [1.54, 1.807) is 36.4 Å². The zero-order valence-electron chi connectivity index (χ0n) is 28.5. The Kier molecular flexibility index (Phi) is 11.7. The Labute approximate surface area is 285 Å². The van der Waals surface area contributed by atoms with Crippen LogP contribution in [0.25, 0.3) is 0 Å². The molecule has 49 heavy (non-hydrogen) atoms. The van der Waals surface area contributed by atoms with Gasteiger partial charge in [-0.25, -0.2) is 0 Å². The minimum Gasteiger partial charge on any atom is -0.496 e. The van der Waals surface area contributed by atoms with Gasteiger partial charge >= 0.3 is 0 Å². The van der Waals surface area contributed by atoms with Gasteiger partial charge in [-0.2, -0.15) is 0 Å². The van der Waals surface area contributed by atoms with Crippen molar-refractivity contribution in [3.63, 3.8) is 0 Å². The van der Waals surface area contributed by atoms with Crippen LogP contribution in [-0.4, -0.2) is 83.2 Å². The molecule has 14 nitrogen and oxygen atoms in total. The molecule has 1 atom stereocenters. The molecule has 4 amide bonds. The van der Waals surface area contributed by atoms with Crippen LogP contribution in [0.3, 0.4) is 0 Å². The number of amides is 4. The molecule has 2 aliphatic rings. The minimum atomic E-state index is -0.884. The van der Waals surface area contributed by atoms with E-state index in [-0.39, 0.29) is 37.3 Å². The molecule has 0 unspecified atom stereocenters. The van der Waals surface area contributed by atoms with Gasteiger partial charge in [0.1, 0.15) is 23.4 Å². The first-order valence-corrected chi connectivity index (χ1v) is 16.8. The molecule has 2 aromatic carbocycles. The Morgan fingerprint density at radius 1 is 0.918 bits per heavy atom. The van der Waals surface area contributed by atoms with Crippen molar-refractivity contribution in [3.05, 3.63) is 59.2 Å². The number of ether oxygens (including phenoxy) is 3. The number of aryl methyl sites for hydroxylation is 1. The molecule has 3 aromatic rings. The number of carbonyl (C=O) groups is 4. The van der Waals surface area contributed by atoms with Gasteiger partial charge in [0.15, 0.2) is 11.5 Å². The van der Waals surface area contributed by atoms with Gasteiger partial charge in [0, 0.05) is 31.6 Å². The van der Waals surface area contributed by atoms with Crippen LogP contribution >= 0.6 is 0 Å². The smallest absolute Gasteiger partial charge is 0.292 e. The number of benzene rings is 2. The molecule has 0 spiro atoms. The van der Waals surface area contributed by atoms with Gasteiger partial charge in [-0.15, -0.1) is 10.2 Å². The van der Waals surface area contributed by atoms with Crippen molar-refractivity contribution >= 4 is 23.6 Å². The summed E-state index contributed by atoms with van der Waals surface area (Å²) in [6, 6.07) is 9.24. The highest BCUT2D eigenvalue weighted by molar-refractivity contribution is 5.95. The fourth-order valence-corrected chi connectivity index (χ4v) is 6.00. The summed E-state index contributed by atoms with van der Waals surface area (Å²) in [6.07, 6.45) is 4.71. The van der Waals surface area contributed by atoms with Crippen molar-refractivity contribution in [2.75, 3.05) is 33.9 Å². The van der Waals surface area contributed by atoms with Crippen LogP contribution in [-0.2, 0) is 29.1 Å². The Hall–Kier alpha value is -5.14. The predicted octanol–water partition coefficient (Wildman–Crippen LogP) is 3.24. The van der Waals surface area contributed by atoms with Crippen molar-refractivity contribution < 1.29 is 33.4 Å². The average Bonchev–Trinajstić information content (AvgIpc) is 3.35. The lowest BCUT2D eigenvalue weighted by Crippen LogP contribution is -2.52. The Bertz CT molecular complexity index is 1670. The summed E-state index contributed by atoms with van der Waals surface area (Å²) < 4.78 is 19.2. The summed E-state index contributed by atoms with van der Waals surface area (Å²) in [5.41, 5.74) is 0.909. The molecule has 3 heterocycles. The number of carbonyl (C=O) groups excluding carboxylic acids is 4. The van der Waals surface area contributed by atoms with Crippen LogP contribution in [0.5, 0.6) is 23.0 Å². The van der Waals surface area contributed by atoms with E-state index in [1.165, 1.54) is 19.1 Å². The van der Waals surface area contributed by atoms with Crippen molar-refractivity contribution in [1.82, 2.24) is 35.6 Å². The number of fused-ring (bicyclic) bond motifs is 4. The summed E-state index contributed by atoms with van der Waals surface area (Å²) >= 11 is 0. The third-order valence-electron chi connectivity index (χ3n) is 8.72. The molecule has 14 heteroatoms. The third kappa shape index (κ3) is 8.48. The maximum Gasteiger partial charge on any atom is 0.292 e. The number of nitrogens with one attached hydrogen (secondary N) is 3. The minimum absolute atomic E-state index is 0.0162. The summed E-state index contributed by atoms with van der Waals surface area (Å²) in [7, 11) is 3.02. The fraction of sp³-hybridized carbons (Fsp3) is 0.486. The van der Waals surface area contributed by atoms with E-state index in [0.29, 0.717) is 60.1 Å². The second kappa shape index (κ2) is 16.3. The average molecular weight is 676 g/mol. The molecule has 262 valence electrons. The zero-order chi connectivity index (χ0) is 34.9. The topological polar surface area (TPSA) is 166 Å². The van der Waals surface area contributed by atoms with E-state index >= 15 is 0 Å². The van der Waals surface area contributed by atoms with E-state index in [4.69, 9.17) is 14.2 Å². The first-order valence-electron chi connectivity index (χ1n) is 16.8. The van der Waals surface area contributed by atoms with Gasteiger partial charge in [-0.05, 0) is 61.9 Å². The molecule has 0 saturated carbocycles. The second-order valence-corrected chi connectivity index (χ2v) is 12.5. The SMILES string of the molecule is COc1ccc2cc1Oc1cccc(OC)c1CNC(=O)[C@@H](C(C)C)NC(=O)CN(C(=O)c1nnc3n1CCCCC3)CCCCNC2=O. The Morgan fingerprint density at radius 2 is 1.71 bits per heavy atom. The summed E-state index contributed by atoms with van der Waals surface area (Å²) in [5, 5.41) is 17.2. The van der Waals surface area contributed by atoms with Crippen LogP contribution in [0.4, 0.5) is 0 Å². The number of hydrogen-bond donors (Lipinski definition) is 3. The van der Waals surface area contributed by atoms with Gasteiger partial charge < -0.3 is 39.6 Å². The number of aromatic nitrogens is 3. The van der Waals surface area contributed by atoms with E-state index < -0.39 is 23.8 Å². The summed E-state index contributed by atoms with van der Waals surface area (Å²) in [4.78, 5) is 55.6. The fourth-order valence-electron chi connectivity index (χ4n) is 6.00. The van der Waals surface area contributed by atoms with Gasteiger partial charge in [0.25, 0.3) is 11.8 Å². The number of hydrogen-bond acceptors (Lipinski definition) is 9. The molecule has 3 N–H and O–H groups in total. The number of rotatable bonds is 4. The number of methoxy groups -OCH3 is 2. The van der Waals surface area contributed by atoms with Gasteiger partial charge in [0.2, 0.25) is 17.6 Å². The second-order valence-electron chi connectivity index (χ2n) is 12.5. The molecule has 0 aliphatic carbocycles. The van der Waals surface area contributed by atoms with Crippen molar-refractivity contribution in [1.29, 1.82) is 0 Å². The highest BCUT2D eigenvalue weighted by Gasteiger charge is 2.29. The summed E-state index contributed by atoms with van der Waals surface area (Å²) in [5.74, 6) is 0.681. The van der Waals surface area contributed by atoms with Crippen molar-refractivity contribution in [2.24, 2.45) is 5.92 Å². The monoisotopic (exact) mass is 675 g/mol. The Morgan fingerprint density at radius 3 is 2.49 bits per heavy atom. The Balaban J connectivity index is 1.45. The standard InChI is InChI=1S/C35H45N7O7/c1-22(2)31-34(45)37-20-24-25(47-3)11-10-12-26(24)49-28-19-23(14-15-27(28)48-4)33(44)36-16-7-9-17-41(21-30(43)38-31)35(46)32-40-39-29-13-6-5-8-18-42(29)32/h10-12,14-15,19,22,31H,5-9,13,16-18,20-21H2,1-4H3,(H,36,44)(H,37,45)(H,38,43)/t31-/m1/s1. The van der Waals surface area contributed by atoms with Crippen LogP contribution in [0.2, 0.25) is 0 Å². The first kappa shape index (κ1) is 35.2. The highest BCUT2D eigenvalue weighted by Crippen LogP contribution is 2.37. The van der Waals surface area contributed by atoms with Gasteiger partial charge in [-0.3, -0.25) is 19.2 Å². The maximum atomic E-state index is 13.9. The molecule has 2 aliphatic heterocycles. The normalized spacial score (nSPS) is 18.1. The van der Waals surface area contributed by atoms with E-state index in [9.17, 15) is 19.2 Å².